The van der Waals surface area contributed by atoms with E-state index in [1.165, 1.54) is 24.3 Å². The van der Waals surface area contributed by atoms with Gasteiger partial charge in [0.2, 0.25) is 25.7 Å². The molecule has 10 heteroatoms. The molecule has 0 aliphatic carbocycles. The van der Waals surface area contributed by atoms with Gasteiger partial charge in [-0.1, -0.05) is 11.6 Å². The molecule has 0 radical (unpaired) electrons. The lowest BCUT2D eigenvalue weighted by molar-refractivity contribution is -0.135. The molecule has 2 aromatic rings. The third-order valence-corrected chi connectivity index (χ3v) is 5.85. The molecule has 0 saturated heterocycles. The van der Waals surface area contributed by atoms with Crippen LogP contribution in [0.3, 0.4) is 0 Å². The normalized spacial score (nSPS) is 12.1. The number of aliphatic hydroxyl groups excluding tert-OH is 1. The van der Waals surface area contributed by atoms with Crippen LogP contribution in [-0.2, 0) is 14.6 Å². The molecule has 0 unspecified atom stereocenters. The molecule has 0 atom stereocenters. The zero-order chi connectivity index (χ0) is 17.2. The third-order valence-electron chi connectivity index (χ3n) is 2.58. The maximum Gasteiger partial charge on any atom is 0.371 e. The van der Waals surface area contributed by atoms with Crippen LogP contribution < -0.4 is 0 Å². The average molecular weight is 374 g/mol. The van der Waals surface area contributed by atoms with Gasteiger partial charge < -0.3 is 10.2 Å². The van der Waals surface area contributed by atoms with Crippen LogP contribution in [0.1, 0.15) is 10.5 Å². The number of hydrogen-bond acceptors (Lipinski definition) is 7. The van der Waals surface area contributed by atoms with Crippen molar-refractivity contribution in [1.29, 1.82) is 0 Å². The highest BCUT2D eigenvalue weighted by molar-refractivity contribution is 7.93. The second kappa shape index (κ2) is 6.49. The number of sulfone groups is 1. The SMILES string of the molecule is O=C(O)/C(O)=C/C(=O)c1csc(S(=O)(=O)c2ccc(Cl)cc2)n1. The van der Waals surface area contributed by atoms with Crippen LogP contribution in [0, 0.1) is 0 Å². The second-order valence-corrected chi connectivity index (χ2v) is 7.57. The van der Waals surface area contributed by atoms with Crippen molar-refractivity contribution in [3.05, 3.63) is 52.2 Å². The van der Waals surface area contributed by atoms with E-state index < -0.39 is 27.3 Å². The van der Waals surface area contributed by atoms with Gasteiger partial charge in [0.05, 0.1) is 4.90 Å². The molecule has 0 amide bonds. The second-order valence-electron chi connectivity index (χ2n) is 4.15. The number of aliphatic carboxylic acids is 1. The van der Waals surface area contributed by atoms with E-state index in [-0.39, 0.29) is 14.9 Å². The largest absolute Gasteiger partial charge is 0.502 e. The van der Waals surface area contributed by atoms with Gasteiger partial charge in [-0.05, 0) is 24.3 Å². The van der Waals surface area contributed by atoms with Gasteiger partial charge in [0.25, 0.3) is 0 Å². The highest BCUT2D eigenvalue weighted by Crippen LogP contribution is 2.25. The standard InChI is InChI=1S/C13H8ClNO6S2/c14-7-1-3-8(4-2-7)23(20,21)13-15-9(6-22-13)10(16)5-11(17)12(18)19/h1-6,17H,(H,18,19)/b11-5-. The maximum atomic E-state index is 12.3. The van der Waals surface area contributed by atoms with Crippen LogP contribution >= 0.6 is 22.9 Å². The van der Waals surface area contributed by atoms with Crippen molar-refractivity contribution in [2.24, 2.45) is 0 Å². The smallest absolute Gasteiger partial charge is 0.371 e. The molecule has 0 aliphatic heterocycles. The Labute approximate surface area is 139 Å². The van der Waals surface area contributed by atoms with Gasteiger partial charge >= 0.3 is 5.97 Å². The summed E-state index contributed by atoms with van der Waals surface area (Å²) >= 11 is 6.40. The molecule has 7 nitrogen and oxygen atoms in total. The summed E-state index contributed by atoms with van der Waals surface area (Å²) in [5, 5.41) is 19.0. The number of allylic oxidation sites excluding steroid dienone is 1. The fourth-order valence-electron chi connectivity index (χ4n) is 1.47. The molecule has 0 aliphatic rings. The third kappa shape index (κ3) is 3.76. The van der Waals surface area contributed by atoms with E-state index in [1.54, 1.807) is 0 Å². The number of carboxylic acids is 1. The number of carbonyl (C=O) groups excluding carboxylic acids is 1. The van der Waals surface area contributed by atoms with Crippen LogP contribution in [0.2, 0.25) is 5.02 Å². The average Bonchev–Trinajstić information content (AvgIpc) is 2.98. The number of rotatable bonds is 5. The molecule has 2 N–H and O–H groups in total. The zero-order valence-corrected chi connectivity index (χ0v) is 13.5. The van der Waals surface area contributed by atoms with Gasteiger partial charge in [-0.3, -0.25) is 4.79 Å². The summed E-state index contributed by atoms with van der Waals surface area (Å²) in [5.41, 5.74) is -0.282. The van der Waals surface area contributed by atoms with Crippen molar-refractivity contribution < 1.29 is 28.2 Å². The van der Waals surface area contributed by atoms with Crippen LogP contribution in [0.4, 0.5) is 0 Å². The number of aliphatic hydroxyl groups is 1. The summed E-state index contributed by atoms with van der Waals surface area (Å²) < 4.78 is 24.4. The van der Waals surface area contributed by atoms with E-state index in [4.69, 9.17) is 21.8 Å². The van der Waals surface area contributed by atoms with E-state index in [9.17, 15) is 18.0 Å². The molecule has 0 fully saturated rings. The van der Waals surface area contributed by atoms with Crippen LogP contribution in [0.5, 0.6) is 0 Å². The van der Waals surface area contributed by atoms with Crippen molar-refractivity contribution in [2.75, 3.05) is 0 Å². The van der Waals surface area contributed by atoms with Crippen molar-refractivity contribution in [2.45, 2.75) is 9.24 Å². The van der Waals surface area contributed by atoms with E-state index >= 15 is 0 Å². The van der Waals surface area contributed by atoms with Gasteiger partial charge in [0, 0.05) is 16.5 Å². The first-order valence-electron chi connectivity index (χ1n) is 5.86. The molecule has 0 saturated carbocycles. The first-order chi connectivity index (χ1) is 10.7. The van der Waals surface area contributed by atoms with Crippen LogP contribution in [0.15, 0.2) is 50.7 Å². The zero-order valence-electron chi connectivity index (χ0n) is 11.1. The van der Waals surface area contributed by atoms with Gasteiger partial charge in [0.15, 0.2) is 0 Å². The number of carboxylic acid groups (broad SMARTS) is 1. The van der Waals surface area contributed by atoms with Gasteiger partial charge in [0.1, 0.15) is 5.69 Å². The van der Waals surface area contributed by atoms with Crippen LogP contribution in [0.25, 0.3) is 0 Å². The number of nitrogens with zero attached hydrogens (tertiary/aromatic N) is 1. The minimum absolute atomic E-state index is 0.0424. The number of benzene rings is 1. The summed E-state index contributed by atoms with van der Waals surface area (Å²) in [4.78, 5) is 25.8. The first kappa shape index (κ1) is 17.1. The van der Waals surface area contributed by atoms with E-state index in [0.29, 0.717) is 22.4 Å². The Bertz CT molecular complexity index is 899. The molecule has 1 aromatic carbocycles. The summed E-state index contributed by atoms with van der Waals surface area (Å²) in [6, 6.07) is 5.41. The molecule has 0 bridgehead atoms. The number of hydrogen-bond donors (Lipinski definition) is 2. The lowest BCUT2D eigenvalue weighted by Gasteiger charge is -2.00. The van der Waals surface area contributed by atoms with Crippen LogP contribution in [-0.4, -0.2) is 35.4 Å². The molecule has 2 rings (SSSR count). The number of halogens is 1. The molecular weight excluding hydrogens is 366 g/mol. The Kier molecular flexibility index (Phi) is 4.83. The molecular formula is C13H8ClNO6S2. The van der Waals surface area contributed by atoms with E-state index in [1.807, 2.05) is 0 Å². The summed E-state index contributed by atoms with van der Waals surface area (Å²) in [6.07, 6.45) is 0.454. The molecule has 23 heavy (non-hydrogen) atoms. The van der Waals surface area contributed by atoms with E-state index in [2.05, 4.69) is 4.98 Å². The maximum absolute atomic E-state index is 12.3. The predicted octanol–water partition coefficient (Wildman–Crippen LogP) is 2.34. The van der Waals surface area contributed by atoms with Crippen molar-refractivity contribution >= 4 is 44.5 Å². The van der Waals surface area contributed by atoms with Gasteiger partial charge in [-0.25, -0.2) is 18.2 Å². The Hall–Kier alpha value is -2.23. The highest BCUT2D eigenvalue weighted by Gasteiger charge is 2.23. The van der Waals surface area contributed by atoms with Crippen molar-refractivity contribution in [3.8, 4) is 0 Å². The Morgan fingerprint density at radius 2 is 1.78 bits per heavy atom. The number of aromatic nitrogens is 1. The van der Waals surface area contributed by atoms with Crippen molar-refractivity contribution in [1.82, 2.24) is 4.98 Å². The number of carbonyl (C=O) groups is 2. The topological polar surface area (TPSA) is 122 Å². The summed E-state index contributed by atoms with van der Waals surface area (Å²) in [7, 11) is -3.92. The fourth-order valence-corrected chi connectivity index (χ4v) is 3.98. The lowest BCUT2D eigenvalue weighted by Crippen LogP contribution is -2.05. The fraction of sp³-hybridized carbons (Fsp3) is 0. The number of ketones is 1. The van der Waals surface area contributed by atoms with E-state index in [0.717, 1.165) is 5.38 Å². The quantitative estimate of drug-likeness (QED) is 0.468. The Morgan fingerprint density at radius 1 is 1.17 bits per heavy atom. The van der Waals surface area contributed by atoms with Gasteiger partial charge in [-0.15, -0.1) is 11.3 Å². The molecule has 1 heterocycles. The Morgan fingerprint density at radius 3 is 2.35 bits per heavy atom. The number of thiazole rings is 1. The Balaban J connectivity index is 2.35. The first-order valence-corrected chi connectivity index (χ1v) is 8.60. The molecule has 120 valence electrons. The molecule has 1 aromatic heterocycles. The lowest BCUT2D eigenvalue weighted by atomic mass is 10.3. The van der Waals surface area contributed by atoms with Gasteiger partial charge in [-0.2, -0.15) is 0 Å². The van der Waals surface area contributed by atoms with Crippen molar-refractivity contribution in [3.63, 3.8) is 0 Å². The summed E-state index contributed by atoms with van der Waals surface area (Å²) in [6.45, 7) is 0. The minimum atomic E-state index is -3.92. The summed E-state index contributed by atoms with van der Waals surface area (Å²) in [5.74, 6) is -3.76. The highest BCUT2D eigenvalue weighted by atomic mass is 35.5. The monoisotopic (exact) mass is 373 g/mol. The minimum Gasteiger partial charge on any atom is -0.502 e. The molecule has 0 spiro atoms. The predicted molar refractivity (Wildman–Crippen MR) is 81.7 cm³/mol.